The molecule has 16 heavy (non-hydrogen) atoms. The molecular formula is C11H17N3O2. The van der Waals surface area contributed by atoms with Crippen LogP contribution in [0.25, 0.3) is 0 Å². The second-order valence-corrected chi connectivity index (χ2v) is 4.28. The van der Waals surface area contributed by atoms with Gasteiger partial charge in [-0.2, -0.15) is 5.10 Å². The second-order valence-electron chi connectivity index (χ2n) is 4.28. The van der Waals surface area contributed by atoms with Gasteiger partial charge in [0.05, 0.1) is 11.4 Å². The van der Waals surface area contributed by atoms with E-state index in [1.807, 2.05) is 0 Å². The lowest BCUT2D eigenvalue weighted by atomic mass is 10.3. The SMILES string of the molecule is Cc1nn(C)c(C(=O)OC2CCCC2)c1N. The lowest BCUT2D eigenvalue weighted by molar-refractivity contribution is 0.0306. The molecule has 1 saturated carbocycles. The Labute approximate surface area is 94.6 Å². The molecule has 0 amide bonds. The van der Waals surface area contributed by atoms with Crippen molar-refractivity contribution < 1.29 is 9.53 Å². The third-order valence-corrected chi connectivity index (χ3v) is 3.04. The van der Waals surface area contributed by atoms with Crippen molar-refractivity contribution in [1.29, 1.82) is 0 Å². The average Bonchev–Trinajstić information content (AvgIpc) is 2.77. The Balaban J connectivity index is 2.13. The van der Waals surface area contributed by atoms with E-state index in [2.05, 4.69) is 5.10 Å². The molecule has 5 heteroatoms. The third kappa shape index (κ3) is 1.89. The number of carbonyl (C=O) groups excluding carboxylic acids is 1. The van der Waals surface area contributed by atoms with Crippen molar-refractivity contribution in [2.24, 2.45) is 7.05 Å². The first-order valence-corrected chi connectivity index (χ1v) is 5.59. The summed E-state index contributed by atoms with van der Waals surface area (Å²) in [6.45, 7) is 1.78. The molecule has 1 aromatic heterocycles. The van der Waals surface area contributed by atoms with Gasteiger partial charge >= 0.3 is 5.97 Å². The van der Waals surface area contributed by atoms with Gasteiger partial charge in [-0.25, -0.2) is 4.79 Å². The number of nitrogen functional groups attached to an aromatic ring is 1. The highest BCUT2D eigenvalue weighted by molar-refractivity contribution is 5.93. The molecule has 1 aromatic rings. The number of carbonyl (C=O) groups is 1. The van der Waals surface area contributed by atoms with Gasteiger partial charge in [-0.1, -0.05) is 0 Å². The van der Waals surface area contributed by atoms with Crippen LogP contribution >= 0.6 is 0 Å². The number of esters is 1. The molecule has 0 spiro atoms. The van der Waals surface area contributed by atoms with Crippen LogP contribution in [0.15, 0.2) is 0 Å². The molecule has 2 rings (SSSR count). The van der Waals surface area contributed by atoms with E-state index in [4.69, 9.17) is 10.5 Å². The third-order valence-electron chi connectivity index (χ3n) is 3.04. The minimum Gasteiger partial charge on any atom is -0.458 e. The fraction of sp³-hybridized carbons (Fsp3) is 0.636. The second kappa shape index (κ2) is 4.15. The summed E-state index contributed by atoms with van der Waals surface area (Å²) < 4.78 is 6.88. The van der Waals surface area contributed by atoms with E-state index in [0.29, 0.717) is 17.1 Å². The summed E-state index contributed by atoms with van der Waals surface area (Å²) in [4.78, 5) is 11.9. The normalized spacial score (nSPS) is 16.6. The summed E-state index contributed by atoms with van der Waals surface area (Å²) >= 11 is 0. The van der Waals surface area contributed by atoms with Gasteiger partial charge in [-0.3, -0.25) is 4.68 Å². The van der Waals surface area contributed by atoms with Crippen LogP contribution in [0.4, 0.5) is 5.69 Å². The van der Waals surface area contributed by atoms with Crippen LogP contribution in [0.3, 0.4) is 0 Å². The highest BCUT2D eigenvalue weighted by atomic mass is 16.5. The van der Waals surface area contributed by atoms with Gasteiger partial charge in [0.1, 0.15) is 6.10 Å². The van der Waals surface area contributed by atoms with Gasteiger partial charge in [0, 0.05) is 7.05 Å². The van der Waals surface area contributed by atoms with Crippen LogP contribution in [0, 0.1) is 6.92 Å². The molecular weight excluding hydrogens is 206 g/mol. The van der Waals surface area contributed by atoms with Crippen LogP contribution in [-0.2, 0) is 11.8 Å². The molecule has 0 radical (unpaired) electrons. The number of ether oxygens (including phenoxy) is 1. The Kier molecular flexibility index (Phi) is 2.85. The highest BCUT2D eigenvalue weighted by Crippen LogP contribution is 2.24. The maximum Gasteiger partial charge on any atom is 0.359 e. The van der Waals surface area contributed by atoms with Crippen molar-refractivity contribution in [2.75, 3.05) is 5.73 Å². The van der Waals surface area contributed by atoms with Crippen molar-refractivity contribution in [3.63, 3.8) is 0 Å². The molecule has 88 valence electrons. The average molecular weight is 223 g/mol. The lowest BCUT2D eigenvalue weighted by Gasteiger charge is -2.11. The van der Waals surface area contributed by atoms with Gasteiger partial charge in [-0.05, 0) is 32.6 Å². The first-order chi connectivity index (χ1) is 7.59. The van der Waals surface area contributed by atoms with Crippen LogP contribution in [-0.4, -0.2) is 21.9 Å². The Morgan fingerprint density at radius 2 is 2.12 bits per heavy atom. The molecule has 0 aliphatic heterocycles. The van der Waals surface area contributed by atoms with Crippen LogP contribution in [0.5, 0.6) is 0 Å². The number of aryl methyl sites for hydroxylation is 2. The predicted octanol–water partition coefficient (Wildman–Crippen LogP) is 1.41. The Bertz CT molecular complexity index is 406. The summed E-state index contributed by atoms with van der Waals surface area (Å²) in [6, 6.07) is 0. The zero-order valence-electron chi connectivity index (χ0n) is 9.69. The number of hydrogen-bond donors (Lipinski definition) is 1. The first kappa shape index (κ1) is 11.0. The van der Waals surface area contributed by atoms with Gasteiger partial charge in [-0.15, -0.1) is 0 Å². The minimum atomic E-state index is -0.354. The minimum absolute atomic E-state index is 0.0575. The molecule has 2 N–H and O–H groups in total. The summed E-state index contributed by atoms with van der Waals surface area (Å²) in [5, 5.41) is 4.10. The molecule has 0 atom stereocenters. The van der Waals surface area contributed by atoms with Crippen molar-refractivity contribution in [2.45, 2.75) is 38.7 Å². The van der Waals surface area contributed by atoms with E-state index >= 15 is 0 Å². The zero-order chi connectivity index (χ0) is 11.7. The smallest absolute Gasteiger partial charge is 0.359 e. The standard InChI is InChI=1S/C11H17N3O2/c1-7-9(12)10(14(2)13-7)11(15)16-8-5-3-4-6-8/h8H,3-6,12H2,1-2H3. The zero-order valence-corrected chi connectivity index (χ0v) is 9.69. The molecule has 0 unspecified atom stereocenters. The van der Waals surface area contributed by atoms with Crippen molar-refractivity contribution >= 4 is 11.7 Å². The predicted molar refractivity (Wildman–Crippen MR) is 60.0 cm³/mol. The lowest BCUT2D eigenvalue weighted by Crippen LogP contribution is -2.18. The fourth-order valence-electron chi connectivity index (χ4n) is 2.13. The summed E-state index contributed by atoms with van der Waals surface area (Å²) in [7, 11) is 1.70. The van der Waals surface area contributed by atoms with Crippen LogP contribution in [0.1, 0.15) is 41.9 Å². The van der Waals surface area contributed by atoms with E-state index in [-0.39, 0.29) is 12.1 Å². The van der Waals surface area contributed by atoms with Crippen LogP contribution < -0.4 is 5.73 Å². The largest absolute Gasteiger partial charge is 0.458 e. The summed E-state index contributed by atoms with van der Waals surface area (Å²) in [5.41, 5.74) is 7.25. The Morgan fingerprint density at radius 3 is 2.62 bits per heavy atom. The number of aromatic nitrogens is 2. The van der Waals surface area contributed by atoms with E-state index in [1.165, 1.54) is 4.68 Å². The van der Waals surface area contributed by atoms with Gasteiger partial charge in [0.2, 0.25) is 0 Å². The monoisotopic (exact) mass is 223 g/mol. The molecule has 5 nitrogen and oxygen atoms in total. The maximum absolute atomic E-state index is 11.9. The van der Waals surface area contributed by atoms with Crippen molar-refractivity contribution in [3.05, 3.63) is 11.4 Å². The number of nitrogens with zero attached hydrogens (tertiary/aromatic N) is 2. The number of rotatable bonds is 2. The topological polar surface area (TPSA) is 70.1 Å². The van der Waals surface area contributed by atoms with Gasteiger partial charge in [0.15, 0.2) is 5.69 Å². The number of hydrogen-bond acceptors (Lipinski definition) is 4. The summed E-state index contributed by atoms with van der Waals surface area (Å²) in [6.07, 6.45) is 4.25. The van der Waals surface area contributed by atoms with Crippen molar-refractivity contribution in [1.82, 2.24) is 9.78 Å². The van der Waals surface area contributed by atoms with E-state index < -0.39 is 0 Å². The van der Waals surface area contributed by atoms with E-state index in [0.717, 1.165) is 25.7 Å². The van der Waals surface area contributed by atoms with Crippen molar-refractivity contribution in [3.8, 4) is 0 Å². The van der Waals surface area contributed by atoms with Gasteiger partial charge < -0.3 is 10.5 Å². The molecule has 0 aromatic carbocycles. The molecule has 0 saturated heterocycles. The molecule has 1 fully saturated rings. The van der Waals surface area contributed by atoms with E-state index in [9.17, 15) is 4.79 Å². The first-order valence-electron chi connectivity index (χ1n) is 5.59. The fourth-order valence-corrected chi connectivity index (χ4v) is 2.13. The number of nitrogens with two attached hydrogens (primary N) is 1. The molecule has 1 heterocycles. The highest BCUT2D eigenvalue weighted by Gasteiger charge is 2.24. The molecule has 1 aliphatic rings. The van der Waals surface area contributed by atoms with Gasteiger partial charge in [0.25, 0.3) is 0 Å². The van der Waals surface area contributed by atoms with E-state index in [1.54, 1.807) is 14.0 Å². The van der Waals surface area contributed by atoms with Crippen LogP contribution in [0.2, 0.25) is 0 Å². The Hall–Kier alpha value is -1.52. The molecule has 0 bridgehead atoms. The maximum atomic E-state index is 11.9. The summed E-state index contributed by atoms with van der Waals surface area (Å²) in [5.74, 6) is -0.354. The quantitative estimate of drug-likeness (QED) is 0.769. The number of anilines is 1. The Morgan fingerprint density at radius 1 is 1.50 bits per heavy atom. The molecule has 1 aliphatic carbocycles.